The van der Waals surface area contributed by atoms with E-state index in [0.717, 1.165) is 28.4 Å². The molecule has 4 heteroatoms. The lowest BCUT2D eigenvalue weighted by Gasteiger charge is -2.16. The fourth-order valence-electron chi connectivity index (χ4n) is 2.64. The number of carbonyl (C=O) groups excluding carboxylic acids is 1. The first-order valence-electron chi connectivity index (χ1n) is 7.31. The molecule has 114 valence electrons. The molecule has 0 heterocycles. The smallest absolute Gasteiger partial charge is 0.230 e. The highest BCUT2D eigenvalue weighted by Crippen LogP contribution is 2.48. The lowest BCUT2D eigenvalue weighted by atomic mass is 9.95. The molecular formula is C18H17BrFNO. The molecule has 3 rings (SSSR count). The van der Waals surface area contributed by atoms with Gasteiger partial charge in [0.25, 0.3) is 0 Å². The Morgan fingerprint density at radius 2 is 1.91 bits per heavy atom. The number of halogens is 2. The predicted molar refractivity (Wildman–Crippen MR) is 88.0 cm³/mol. The normalized spacial score (nSPS) is 15.4. The summed E-state index contributed by atoms with van der Waals surface area (Å²) in [5, 5.41) is 2.94. The number of benzene rings is 2. The molecule has 0 spiro atoms. The Morgan fingerprint density at radius 1 is 1.23 bits per heavy atom. The molecule has 2 aromatic carbocycles. The highest BCUT2D eigenvalue weighted by Gasteiger charge is 2.50. The van der Waals surface area contributed by atoms with Crippen molar-refractivity contribution in [3.63, 3.8) is 0 Å². The molecule has 0 bridgehead atoms. The lowest BCUT2D eigenvalue weighted by Crippen LogP contribution is -2.34. The minimum atomic E-state index is -0.399. The van der Waals surface area contributed by atoms with Crippen LogP contribution in [-0.4, -0.2) is 5.91 Å². The van der Waals surface area contributed by atoms with Gasteiger partial charge in [-0.3, -0.25) is 4.79 Å². The van der Waals surface area contributed by atoms with E-state index in [9.17, 15) is 9.18 Å². The third-order valence-corrected chi connectivity index (χ3v) is 4.80. The van der Waals surface area contributed by atoms with E-state index in [2.05, 4.69) is 21.2 Å². The highest BCUT2D eigenvalue weighted by molar-refractivity contribution is 9.10. The fourth-order valence-corrected chi connectivity index (χ4v) is 2.90. The molecule has 1 amide bonds. The zero-order valence-electron chi connectivity index (χ0n) is 12.3. The molecule has 1 fully saturated rings. The number of amides is 1. The molecule has 1 aliphatic rings. The number of aryl methyl sites for hydroxylation is 1. The zero-order valence-corrected chi connectivity index (χ0v) is 13.9. The van der Waals surface area contributed by atoms with Gasteiger partial charge in [0.05, 0.1) is 5.41 Å². The van der Waals surface area contributed by atoms with Crippen molar-refractivity contribution in [3.8, 4) is 0 Å². The van der Waals surface area contributed by atoms with E-state index in [4.69, 9.17) is 0 Å². The number of hydrogen-bond donors (Lipinski definition) is 1. The summed E-state index contributed by atoms with van der Waals surface area (Å²) in [6, 6.07) is 13.0. The summed E-state index contributed by atoms with van der Waals surface area (Å²) in [7, 11) is 0. The van der Waals surface area contributed by atoms with E-state index in [1.165, 1.54) is 6.07 Å². The highest BCUT2D eigenvalue weighted by atomic mass is 79.9. The number of nitrogens with one attached hydrogen (secondary N) is 1. The van der Waals surface area contributed by atoms with E-state index in [1.54, 1.807) is 13.0 Å². The average Bonchev–Trinajstić information content (AvgIpc) is 3.30. The molecule has 2 aromatic rings. The van der Waals surface area contributed by atoms with Gasteiger partial charge in [-0.25, -0.2) is 4.39 Å². The first-order valence-corrected chi connectivity index (χ1v) is 8.10. The van der Waals surface area contributed by atoms with Crippen molar-refractivity contribution < 1.29 is 9.18 Å². The minimum Gasteiger partial charge on any atom is -0.351 e. The first kappa shape index (κ1) is 15.2. The number of rotatable bonds is 4. The van der Waals surface area contributed by atoms with Crippen LogP contribution < -0.4 is 5.32 Å². The monoisotopic (exact) mass is 361 g/mol. The summed E-state index contributed by atoms with van der Waals surface area (Å²) in [6.45, 7) is 2.08. The Morgan fingerprint density at radius 3 is 2.50 bits per heavy atom. The second kappa shape index (κ2) is 5.84. The molecular weight excluding hydrogens is 345 g/mol. The molecule has 0 atom stereocenters. The summed E-state index contributed by atoms with van der Waals surface area (Å²) < 4.78 is 14.5. The molecule has 0 saturated heterocycles. The molecule has 1 aliphatic carbocycles. The van der Waals surface area contributed by atoms with Crippen LogP contribution in [-0.2, 0) is 16.8 Å². The van der Waals surface area contributed by atoms with Crippen LogP contribution in [0.15, 0.2) is 46.9 Å². The summed E-state index contributed by atoms with van der Waals surface area (Å²) >= 11 is 3.41. The standard InChI is InChI=1S/C18H17BrFNO/c1-12-2-3-13(10-16(12)20)11-21-17(22)18(8-9-18)14-4-6-15(19)7-5-14/h2-7,10H,8-9,11H2,1H3,(H,21,22). The maximum atomic E-state index is 13.5. The maximum absolute atomic E-state index is 13.5. The van der Waals surface area contributed by atoms with Gasteiger partial charge in [0, 0.05) is 11.0 Å². The van der Waals surface area contributed by atoms with Gasteiger partial charge in [-0.05, 0) is 54.7 Å². The zero-order chi connectivity index (χ0) is 15.7. The van der Waals surface area contributed by atoms with Gasteiger partial charge >= 0.3 is 0 Å². The van der Waals surface area contributed by atoms with Gasteiger partial charge in [-0.1, -0.05) is 40.2 Å². The van der Waals surface area contributed by atoms with Crippen LogP contribution in [0.25, 0.3) is 0 Å². The van der Waals surface area contributed by atoms with Gasteiger partial charge in [0.15, 0.2) is 0 Å². The first-order chi connectivity index (χ1) is 10.5. The summed E-state index contributed by atoms with van der Waals surface area (Å²) in [5.41, 5.74) is 2.04. The van der Waals surface area contributed by atoms with Crippen LogP contribution in [0.3, 0.4) is 0 Å². The van der Waals surface area contributed by atoms with Crippen LogP contribution in [0.1, 0.15) is 29.5 Å². The lowest BCUT2D eigenvalue weighted by molar-refractivity contribution is -0.123. The van der Waals surface area contributed by atoms with Gasteiger partial charge in [-0.2, -0.15) is 0 Å². The van der Waals surface area contributed by atoms with Crippen molar-refractivity contribution in [1.29, 1.82) is 0 Å². The van der Waals surface area contributed by atoms with E-state index in [1.807, 2.05) is 30.3 Å². The van der Waals surface area contributed by atoms with Gasteiger partial charge in [0.1, 0.15) is 5.82 Å². The summed E-state index contributed by atoms with van der Waals surface area (Å²) in [5.74, 6) is -0.211. The molecule has 0 aromatic heterocycles. The molecule has 2 nitrogen and oxygen atoms in total. The van der Waals surface area contributed by atoms with Crippen molar-refractivity contribution in [1.82, 2.24) is 5.32 Å². The molecule has 0 unspecified atom stereocenters. The van der Waals surface area contributed by atoms with Crippen molar-refractivity contribution >= 4 is 21.8 Å². The molecule has 0 aliphatic heterocycles. The molecule has 1 N–H and O–H groups in total. The third-order valence-electron chi connectivity index (χ3n) is 4.27. The Balaban J connectivity index is 1.69. The van der Waals surface area contributed by atoms with Gasteiger partial charge in [-0.15, -0.1) is 0 Å². The Bertz CT molecular complexity index is 708. The van der Waals surface area contributed by atoms with Crippen molar-refractivity contribution in [2.24, 2.45) is 0 Å². The topological polar surface area (TPSA) is 29.1 Å². The van der Waals surface area contributed by atoms with Crippen molar-refractivity contribution in [3.05, 3.63) is 69.4 Å². The number of carbonyl (C=O) groups is 1. The van der Waals surface area contributed by atoms with Crippen LogP contribution in [0.4, 0.5) is 4.39 Å². The summed E-state index contributed by atoms with van der Waals surface area (Å²) in [6.07, 6.45) is 1.73. The van der Waals surface area contributed by atoms with E-state index >= 15 is 0 Å². The second-order valence-electron chi connectivity index (χ2n) is 5.86. The Hall–Kier alpha value is -1.68. The van der Waals surface area contributed by atoms with Crippen LogP contribution in [0.2, 0.25) is 0 Å². The molecule has 22 heavy (non-hydrogen) atoms. The SMILES string of the molecule is Cc1ccc(CNC(=O)C2(c3ccc(Br)cc3)CC2)cc1F. The van der Waals surface area contributed by atoms with Crippen LogP contribution in [0, 0.1) is 12.7 Å². The quantitative estimate of drug-likeness (QED) is 0.866. The summed E-state index contributed by atoms with van der Waals surface area (Å²) in [4.78, 5) is 12.5. The number of hydrogen-bond acceptors (Lipinski definition) is 1. The van der Waals surface area contributed by atoms with Crippen LogP contribution in [0.5, 0.6) is 0 Å². The van der Waals surface area contributed by atoms with Crippen molar-refractivity contribution in [2.45, 2.75) is 31.7 Å². The van der Waals surface area contributed by atoms with Crippen molar-refractivity contribution in [2.75, 3.05) is 0 Å². The predicted octanol–water partition coefficient (Wildman–Crippen LogP) is 4.24. The Kier molecular flexibility index (Phi) is 4.04. The average molecular weight is 362 g/mol. The third kappa shape index (κ3) is 2.93. The largest absolute Gasteiger partial charge is 0.351 e. The van der Waals surface area contributed by atoms with E-state index < -0.39 is 5.41 Å². The second-order valence-corrected chi connectivity index (χ2v) is 6.77. The minimum absolute atomic E-state index is 0.0239. The fraction of sp³-hybridized carbons (Fsp3) is 0.278. The van der Waals surface area contributed by atoms with Gasteiger partial charge in [0.2, 0.25) is 5.91 Å². The van der Waals surface area contributed by atoms with E-state index in [0.29, 0.717) is 12.1 Å². The van der Waals surface area contributed by atoms with Gasteiger partial charge < -0.3 is 5.32 Å². The maximum Gasteiger partial charge on any atom is 0.230 e. The molecule has 0 radical (unpaired) electrons. The van der Waals surface area contributed by atoms with Crippen LogP contribution >= 0.6 is 15.9 Å². The Labute approximate surface area is 137 Å². The van der Waals surface area contributed by atoms with E-state index in [-0.39, 0.29) is 11.7 Å². The molecule has 1 saturated carbocycles.